The highest BCUT2D eigenvalue weighted by atomic mass is 19.1. The average molecular weight is 239 g/mol. The van der Waals surface area contributed by atoms with Gasteiger partial charge in [-0.15, -0.1) is 0 Å². The summed E-state index contributed by atoms with van der Waals surface area (Å²) in [6.45, 7) is 2.08. The minimum absolute atomic E-state index is 0.314. The largest absolute Gasteiger partial charge is 0.366 e. The first kappa shape index (κ1) is 13.6. The number of carbonyl (C=O) groups is 1. The fourth-order valence-corrected chi connectivity index (χ4v) is 1.52. The molecule has 0 aromatic heterocycles. The van der Waals surface area contributed by atoms with Gasteiger partial charge >= 0.3 is 0 Å². The van der Waals surface area contributed by atoms with E-state index in [1.807, 2.05) is 19.0 Å². The summed E-state index contributed by atoms with van der Waals surface area (Å²) in [6, 6.07) is 4.18. The van der Waals surface area contributed by atoms with Crippen LogP contribution in [0.25, 0.3) is 0 Å². The molecule has 5 heteroatoms. The fourth-order valence-electron chi connectivity index (χ4n) is 1.52. The highest BCUT2D eigenvalue weighted by molar-refractivity contribution is 5.92. The number of benzene rings is 1. The van der Waals surface area contributed by atoms with Crippen molar-refractivity contribution in [1.29, 1.82) is 0 Å². The highest BCUT2D eigenvalue weighted by Gasteiger charge is 2.09. The number of halogens is 1. The van der Waals surface area contributed by atoms with E-state index in [4.69, 9.17) is 5.73 Å². The minimum Gasteiger partial charge on any atom is -0.366 e. The van der Waals surface area contributed by atoms with Gasteiger partial charge in [0.2, 0.25) is 5.91 Å². The number of hydrogen-bond acceptors (Lipinski definition) is 3. The van der Waals surface area contributed by atoms with Crippen LogP contribution in [0.1, 0.15) is 15.9 Å². The Balaban J connectivity index is 2.75. The maximum atomic E-state index is 13.5. The van der Waals surface area contributed by atoms with Gasteiger partial charge < -0.3 is 16.0 Å². The highest BCUT2D eigenvalue weighted by Crippen LogP contribution is 2.12. The zero-order valence-electron chi connectivity index (χ0n) is 10.2. The molecule has 1 rings (SSSR count). The topological polar surface area (TPSA) is 58.4 Å². The zero-order valence-corrected chi connectivity index (χ0v) is 10.2. The number of nitrogens with one attached hydrogen (secondary N) is 1. The van der Waals surface area contributed by atoms with Gasteiger partial charge in [0.05, 0.1) is 0 Å². The average Bonchev–Trinajstić information content (AvgIpc) is 2.29. The van der Waals surface area contributed by atoms with E-state index in [0.29, 0.717) is 17.7 Å². The number of hydrogen-bond donors (Lipinski definition) is 2. The van der Waals surface area contributed by atoms with Crippen molar-refractivity contribution in [1.82, 2.24) is 10.2 Å². The van der Waals surface area contributed by atoms with Gasteiger partial charge in [-0.05, 0) is 32.3 Å². The minimum atomic E-state index is -0.538. The Labute approximate surface area is 101 Å². The number of nitrogens with two attached hydrogens (primary N) is 1. The molecule has 1 aromatic carbocycles. The predicted octanol–water partition coefficient (Wildman–Crippen LogP) is 0.576. The van der Waals surface area contributed by atoms with Gasteiger partial charge in [0, 0.05) is 30.8 Å². The number of nitrogens with zero attached hydrogens (tertiary/aromatic N) is 1. The van der Waals surface area contributed by atoms with Gasteiger partial charge in [-0.25, -0.2) is 4.39 Å². The monoisotopic (exact) mass is 239 g/mol. The van der Waals surface area contributed by atoms with Crippen LogP contribution < -0.4 is 11.1 Å². The summed E-state index contributed by atoms with van der Waals surface area (Å²) in [5, 5.41) is 3.02. The van der Waals surface area contributed by atoms with Gasteiger partial charge in [-0.1, -0.05) is 0 Å². The number of carbonyl (C=O) groups excluding carboxylic acids is 1. The summed E-state index contributed by atoms with van der Waals surface area (Å²) in [7, 11) is 3.76. The predicted molar refractivity (Wildman–Crippen MR) is 65.2 cm³/mol. The first-order valence-electron chi connectivity index (χ1n) is 5.46. The van der Waals surface area contributed by atoms with E-state index in [1.165, 1.54) is 18.2 Å². The quantitative estimate of drug-likeness (QED) is 0.763. The molecule has 0 unspecified atom stereocenters. The summed E-state index contributed by atoms with van der Waals surface area (Å²) in [5.74, 6) is -0.851. The molecule has 1 aromatic rings. The van der Waals surface area contributed by atoms with E-state index < -0.39 is 5.91 Å². The third-order valence-electron chi connectivity index (χ3n) is 2.51. The lowest BCUT2D eigenvalue weighted by Gasteiger charge is -2.17. The molecule has 0 saturated heterocycles. The van der Waals surface area contributed by atoms with Crippen molar-refractivity contribution < 1.29 is 9.18 Å². The Morgan fingerprint density at radius 1 is 1.53 bits per heavy atom. The van der Waals surface area contributed by atoms with Crippen LogP contribution in [0.5, 0.6) is 0 Å². The van der Waals surface area contributed by atoms with E-state index >= 15 is 0 Å². The molecule has 0 bridgehead atoms. The molecule has 0 aliphatic rings. The van der Waals surface area contributed by atoms with Crippen LogP contribution in [0.2, 0.25) is 0 Å². The standard InChI is InChI=1S/C12H18FN3O/c1-15-5-6-16(2)8-10-7-9(12(14)17)3-4-11(10)13/h3-4,7,15H,5-6,8H2,1-2H3,(H2,14,17). The molecular weight excluding hydrogens is 221 g/mol. The molecule has 0 atom stereocenters. The number of rotatable bonds is 6. The van der Waals surface area contributed by atoms with Crippen molar-refractivity contribution in [3.05, 3.63) is 35.1 Å². The third kappa shape index (κ3) is 4.13. The van der Waals surface area contributed by atoms with Crippen LogP contribution in [0.4, 0.5) is 4.39 Å². The second kappa shape index (κ2) is 6.32. The van der Waals surface area contributed by atoms with Gasteiger partial charge in [0.1, 0.15) is 5.82 Å². The van der Waals surface area contributed by atoms with E-state index in [0.717, 1.165) is 13.1 Å². The van der Waals surface area contributed by atoms with Crippen LogP contribution in [-0.4, -0.2) is 38.0 Å². The third-order valence-corrected chi connectivity index (χ3v) is 2.51. The van der Waals surface area contributed by atoms with Crippen LogP contribution >= 0.6 is 0 Å². The second-order valence-electron chi connectivity index (χ2n) is 4.01. The summed E-state index contributed by atoms with van der Waals surface area (Å²) >= 11 is 0. The van der Waals surface area contributed by atoms with Crippen molar-refractivity contribution in [2.75, 3.05) is 27.2 Å². The Hall–Kier alpha value is -1.46. The molecule has 0 spiro atoms. The van der Waals surface area contributed by atoms with Gasteiger partial charge in [0.15, 0.2) is 0 Å². The molecule has 0 heterocycles. The lowest BCUT2D eigenvalue weighted by Crippen LogP contribution is -2.27. The van der Waals surface area contributed by atoms with Crippen LogP contribution in [0, 0.1) is 5.82 Å². The van der Waals surface area contributed by atoms with Crippen LogP contribution in [-0.2, 0) is 6.54 Å². The molecular formula is C12H18FN3O. The fraction of sp³-hybridized carbons (Fsp3) is 0.417. The number of likely N-dealkylation sites (N-methyl/N-ethyl adjacent to an activating group) is 2. The van der Waals surface area contributed by atoms with E-state index in [9.17, 15) is 9.18 Å². The van der Waals surface area contributed by atoms with Gasteiger partial charge in [-0.3, -0.25) is 4.79 Å². The molecule has 0 fully saturated rings. The molecule has 0 radical (unpaired) electrons. The van der Waals surface area contributed by atoms with Gasteiger partial charge in [0.25, 0.3) is 0 Å². The van der Waals surface area contributed by atoms with E-state index in [1.54, 1.807) is 0 Å². The molecule has 17 heavy (non-hydrogen) atoms. The maximum Gasteiger partial charge on any atom is 0.248 e. The SMILES string of the molecule is CNCCN(C)Cc1cc(C(N)=O)ccc1F. The Morgan fingerprint density at radius 3 is 2.82 bits per heavy atom. The Morgan fingerprint density at radius 2 is 2.24 bits per heavy atom. The van der Waals surface area contributed by atoms with E-state index in [-0.39, 0.29) is 5.82 Å². The van der Waals surface area contributed by atoms with Crippen molar-refractivity contribution in [2.45, 2.75) is 6.54 Å². The summed E-state index contributed by atoms with van der Waals surface area (Å²) < 4.78 is 13.5. The van der Waals surface area contributed by atoms with Gasteiger partial charge in [-0.2, -0.15) is 0 Å². The molecule has 1 amide bonds. The summed E-state index contributed by atoms with van der Waals surface area (Å²) in [6.07, 6.45) is 0. The first-order chi connectivity index (χ1) is 8.04. The second-order valence-corrected chi connectivity index (χ2v) is 4.01. The zero-order chi connectivity index (χ0) is 12.8. The van der Waals surface area contributed by atoms with Crippen molar-refractivity contribution >= 4 is 5.91 Å². The number of primary amides is 1. The molecule has 0 saturated carbocycles. The van der Waals surface area contributed by atoms with Crippen molar-refractivity contribution in [2.24, 2.45) is 5.73 Å². The first-order valence-corrected chi connectivity index (χ1v) is 5.46. The number of amides is 1. The van der Waals surface area contributed by atoms with E-state index in [2.05, 4.69) is 5.32 Å². The molecule has 4 nitrogen and oxygen atoms in total. The smallest absolute Gasteiger partial charge is 0.248 e. The van der Waals surface area contributed by atoms with Crippen molar-refractivity contribution in [3.8, 4) is 0 Å². The molecule has 0 aliphatic heterocycles. The normalized spacial score (nSPS) is 10.8. The lowest BCUT2D eigenvalue weighted by atomic mass is 10.1. The summed E-state index contributed by atoms with van der Waals surface area (Å²) in [4.78, 5) is 13.0. The molecule has 0 aliphatic carbocycles. The van der Waals surface area contributed by atoms with Crippen LogP contribution in [0.15, 0.2) is 18.2 Å². The lowest BCUT2D eigenvalue weighted by molar-refractivity contribution is 0.1000. The Kier molecular flexibility index (Phi) is 5.06. The maximum absolute atomic E-state index is 13.5. The molecule has 3 N–H and O–H groups in total. The Bertz CT molecular complexity index is 395. The van der Waals surface area contributed by atoms with Crippen LogP contribution in [0.3, 0.4) is 0 Å². The van der Waals surface area contributed by atoms with Crippen molar-refractivity contribution in [3.63, 3.8) is 0 Å². The molecule has 94 valence electrons. The summed E-state index contributed by atoms with van der Waals surface area (Å²) in [5.41, 5.74) is 5.98.